The second-order valence-corrected chi connectivity index (χ2v) is 13.3. The van der Waals surface area contributed by atoms with Gasteiger partial charge in [0.05, 0.1) is 11.4 Å². The molecule has 0 aliphatic heterocycles. The van der Waals surface area contributed by atoms with E-state index in [4.69, 9.17) is 4.98 Å². The van der Waals surface area contributed by atoms with Crippen molar-refractivity contribution in [3.8, 4) is 55.9 Å². The molecule has 0 saturated heterocycles. The number of aryl methyl sites for hydroxylation is 2. The summed E-state index contributed by atoms with van der Waals surface area (Å²) in [6, 6.07) is 63.7. The Morgan fingerprint density at radius 1 is 0.300 bits per heavy atom. The molecule has 0 saturated carbocycles. The topological polar surface area (TPSA) is 12.9 Å². The summed E-state index contributed by atoms with van der Waals surface area (Å²) in [7, 11) is 0. The van der Waals surface area contributed by atoms with Gasteiger partial charge in [-0.1, -0.05) is 169 Å². The van der Waals surface area contributed by atoms with E-state index in [1.165, 1.54) is 71.3 Å². The number of rotatable bonds is 5. The van der Waals surface area contributed by atoms with Gasteiger partial charge in [0.1, 0.15) is 0 Å². The predicted octanol–water partition coefficient (Wildman–Crippen LogP) is 13.5. The van der Waals surface area contributed by atoms with E-state index in [0.717, 1.165) is 28.1 Å². The van der Waals surface area contributed by atoms with Gasteiger partial charge in [-0.2, -0.15) is 0 Å². The first kappa shape index (κ1) is 29.8. The van der Waals surface area contributed by atoms with Gasteiger partial charge >= 0.3 is 0 Å². The van der Waals surface area contributed by atoms with Crippen molar-refractivity contribution in [3.05, 3.63) is 187 Å². The van der Waals surface area contributed by atoms with Crippen LogP contribution in [0, 0.1) is 13.8 Å². The highest BCUT2D eigenvalue weighted by Crippen LogP contribution is 2.42. The lowest BCUT2D eigenvalue weighted by Gasteiger charge is -2.17. The van der Waals surface area contributed by atoms with E-state index < -0.39 is 0 Å². The lowest BCUT2D eigenvalue weighted by molar-refractivity contribution is 1.32. The third-order valence-electron chi connectivity index (χ3n) is 9.94. The molecule has 0 bridgehead atoms. The molecular formula is C49H35N. The number of nitrogens with zero attached hydrogens (tertiary/aromatic N) is 1. The minimum absolute atomic E-state index is 0.966. The summed E-state index contributed by atoms with van der Waals surface area (Å²) < 4.78 is 0. The highest BCUT2D eigenvalue weighted by Gasteiger charge is 2.16. The highest BCUT2D eigenvalue weighted by atomic mass is 14.7. The summed E-state index contributed by atoms with van der Waals surface area (Å²) in [5.74, 6) is 0. The molecule has 0 amide bonds. The first-order chi connectivity index (χ1) is 24.6. The molecule has 0 aliphatic carbocycles. The van der Waals surface area contributed by atoms with Gasteiger partial charge < -0.3 is 0 Å². The van der Waals surface area contributed by atoms with Crippen LogP contribution < -0.4 is 0 Å². The Kier molecular flexibility index (Phi) is 7.33. The van der Waals surface area contributed by atoms with Crippen LogP contribution in [0.4, 0.5) is 0 Å². The van der Waals surface area contributed by atoms with Gasteiger partial charge in [0.25, 0.3) is 0 Å². The molecule has 0 radical (unpaired) electrons. The van der Waals surface area contributed by atoms with Crippen molar-refractivity contribution in [1.82, 2.24) is 4.98 Å². The van der Waals surface area contributed by atoms with Crippen LogP contribution in [0.3, 0.4) is 0 Å². The lowest BCUT2D eigenvalue weighted by Crippen LogP contribution is -1.93. The summed E-state index contributed by atoms with van der Waals surface area (Å²) in [5.41, 5.74) is 13.9. The predicted molar refractivity (Wildman–Crippen MR) is 213 cm³/mol. The average molecular weight is 638 g/mol. The zero-order chi connectivity index (χ0) is 33.6. The third kappa shape index (κ3) is 5.25. The van der Waals surface area contributed by atoms with Crippen molar-refractivity contribution in [2.24, 2.45) is 0 Å². The largest absolute Gasteiger partial charge is 0.248 e. The van der Waals surface area contributed by atoms with Crippen LogP contribution in [0.2, 0.25) is 0 Å². The maximum Gasteiger partial charge on any atom is 0.0715 e. The quantitative estimate of drug-likeness (QED) is 0.171. The second-order valence-electron chi connectivity index (χ2n) is 13.3. The first-order valence-electron chi connectivity index (χ1n) is 17.3. The van der Waals surface area contributed by atoms with E-state index in [9.17, 15) is 0 Å². The number of fused-ring (bicyclic) bond motifs is 6. The Bertz CT molecular complexity index is 2630. The monoisotopic (exact) mass is 637 g/mol. The summed E-state index contributed by atoms with van der Waals surface area (Å²) in [4.78, 5) is 5.12. The average Bonchev–Trinajstić information content (AvgIpc) is 3.18. The maximum atomic E-state index is 5.12. The van der Waals surface area contributed by atoms with E-state index in [1.54, 1.807) is 0 Å². The number of benzene rings is 8. The Balaban J connectivity index is 1.19. The van der Waals surface area contributed by atoms with Crippen LogP contribution in [0.5, 0.6) is 0 Å². The second kappa shape index (κ2) is 12.3. The molecular weight excluding hydrogens is 603 g/mol. The fourth-order valence-electron chi connectivity index (χ4n) is 7.58. The molecule has 8 aromatic carbocycles. The number of pyridine rings is 1. The Hall–Kier alpha value is -6.31. The summed E-state index contributed by atoms with van der Waals surface area (Å²) >= 11 is 0. The summed E-state index contributed by atoms with van der Waals surface area (Å²) in [6.45, 7) is 4.39. The van der Waals surface area contributed by atoms with E-state index >= 15 is 0 Å². The lowest BCUT2D eigenvalue weighted by atomic mass is 9.87. The highest BCUT2D eigenvalue weighted by molar-refractivity contribution is 6.28. The van der Waals surface area contributed by atoms with E-state index in [-0.39, 0.29) is 0 Å². The van der Waals surface area contributed by atoms with Crippen molar-refractivity contribution >= 4 is 32.3 Å². The maximum absolute atomic E-state index is 5.12. The molecule has 50 heavy (non-hydrogen) atoms. The van der Waals surface area contributed by atoms with Crippen molar-refractivity contribution in [3.63, 3.8) is 0 Å². The first-order valence-corrected chi connectivity index (χ1v) is 17.3. The SMILES string of the molecule is Cc1ccc2c(c1)c1ccccc1c1c(-c3ccc(-c4ccccc4-c4cc(-c5ccccc5)nc(-c5ccccc5)c4)cc3)cc(C)cc21. The molecule has 1 nitrogen and oxygen atoms in total. The number of hydrogen-bond donors (Lipinski definition) is 0. The Morgan fingerprint density at radius 2 is 0.800 bits per heavy atom. The van der Waals surface area contributed by atoms with Crippen LogP contribution in [-0.4, -0.2) is 4.98 Å². The van der Waals surface area contributed by atoms with Gasteiger partial charge in [-0.3, -0.25) is 0 Å². The van der Waals surface area contributed by atoms with E-state index in [1.807, 2.05) is 0 Å². The van der Waals surface area contributed by atoms with Gasteiger partial charge in [-0.25, -0.2) is 4.98 Å². The molecule has 0 spiro atoms. The molecule has 9 rings (SSSR count). The zero-order valence-electron chi connectivity index (χ0n) is 28.2. The van der Waals surface area contributed by atoms with Gasteiger partial charge in [-0.05, 0) is 97.2 Å². The molecule has 0 unspecified atom stereocenters. The van der Waals surface area contributed by atoms with Gasteiger partial charge in [0.2, 0.25) is 0 Å². The zero-order valence-corrected chi connectivity index (χ0v) is 28.2. The minimum Gasteiger partial charge on any atom is -0.248 e. The molecule has 236 valence electrons. The Morgan fingerprint density at radius 3 is 1.44 bits per heavy atom. The molecule has 0 N–H and O–H groups in total. The fourth-order valence-corrected chi connectivity index (χ4v) is 7.58. The van der Waals surface area contributed by atoms with Crippen molar-refractivity contribution < 1.29 is 0 Å². The Labute approximate surface area is 293 Å². The normalized spacial score (nSPS) is 11.4. The standard InChI is InChI=1S/C49H35N/c1-32-21-26-42-45(27-32)41-19-11-12-20-43(41)49-44(28-33(2)29-46(42)49)35-24-22-34(23-25-35)39-17-9-10-18-40(39)38-30-47(36-13-5-3-6-14-36)50-48(31-38)37-15-7-4-8-16-37/h3-31H,1-2H3. The summed E-state index contributed by atoms with van der Waals surface area (Å²) in [5, 5.41) is 7.85. The molecule has 9 aromatic rings. The van der Waals surface area contributed by atoms with Crippen LogP contribution in [0.15, 0.2) is 176 Å². The van der Waals surface area contributed by atoms with Crippen molar-refractivity contribution in [2.45, 2.75) is 13.8 Å². The van der Waals surface area contributed by atoms with Gasteiger partial charge in [0, 0.05) is 11.1 Å². The third-order valence-corrected chi connectivity index (χ3v) is 9.94. The molecule has 0 aliphatic rings. The fraction of sp³-hybridized carbons (Fsp3) is 0.0408. The smallest absolute Gasteiger partial charge is 0.0715 e. The minimum atomic E-state index is 0.966. The van der Waals surface area contributed by atoms with Gasteiger partial charge in [-0.15, -0.1) is 0 Å². The number of hydrogen-bond acceptors (Lipinski definition) is 1. The van der Waals surface area contributed by atoms with Crippen LogP contribution in [-0.2, 0) is 0 Å². The van der Waals surface area contributed by atoms with Crippen LogP contribution in [0.1, 0.15) is 11.1 Å². The van der Waals surface area contributed by atoms with Crippen molar-refractivity contribution in [1.29, 1.82) is 0 Å². The summed E-state index contributed by atoms with van der Waals surface area (Å²) in [6.07, 6.45) is 0. The molecule has 0 atom stereocenters. The van der Waals surface area contributed by atoms with E-state index in [0.29, 0.717) is 0 Å². The molecule has 1 aromatic heterocycles. The molecule has 1 heteroatoms. The molecule has 0 fully saturated rings. The van der Waals surface area contributed by atoms with Crippen molar-refractivity contribution in [2.75, 3.05) is 0 Å². The molecule has 1 heterocycles. The number of aromatic nitrogens is 1. The van der Waals surface area contributed by atoms with Gasteiger partial charge in [0.15, 0.2) is 0 Å². The van der Waals surface area contributed by atoms with Crippen LogP contribution in [0.25, 0.3) is 88.2 Å². The van der Waals surface area contributed by atoms with Crippen LogP contribution >= 0.6 is 0 Å². The van der Waals surface area contributed by atoms with E-state index in [2.05, 4.69) is 190 Å².